The van der Waals surface area contributed by atoms with Crippen molar-refractivity contribution in [2.24, 2.45) is 5.73 Å². The van der Waals surface area contributed by atoms with Crippen LogP contribution in [-0.4, -0.2) is 29.9 Å². The molecule has 7 nitrogen and oxygen atoms in total. The molecule has 0 unspecified atom stereocenters. The van der Waals surface area contributed by atoms with Crippen molar-refractivity contribution in [2.75, 3.05) is 12.4 Å². The number of carboxylic acids is 1. The highest BCUT2D eigenvalue weighted by atomic mass is 16.5. The first-order valence-corrected chi connectivity index (χ1v) is 10.1. The molecule has 0 saturated carbocycles. The van der Waals surface area contributed by atoms with Crippen LogP contribution in [0.25, 0.3) is 21.9 Å². The quantitative estimate of drug-likeness (QED) is 0.255. The fourth-order valence-electron chi connectivity index (χ4n) is 3.72. The monoisotopic (exact) mass is 439 g/mol. The Kier molecular flexibility index (Phi) is 5.78. The van der Waals surface area contributed by atoms with Gasteiger partial charge < -0.3 is 20.9 Å². The molecule has 0 saturated heterocycles. The van der Waals surface area contributed by atoms with Gasteiger partial charge in [-0.3, -0.25) is 10.2 Å². The first kappa shape index (κ1) is 21.6. The number of carboxylic acid groups (broad SMARTS) is 1. The molecule has 0 fully saturated rings. The van der Waals surface area contributed by atoms with E-state index in [9.17, 15) is 14.7 Å². The van der Waals surface area contributed by atoms with E-state index in [1.54, 1.807) is 79.9 Å². The molecule has 4 rings (SSSR count). The van der Waals surface area contributed by atoms with Gasteiger partial charge in [-0.2, -0.15) is 0 Å². The van der Waals surface area contributed by atoms with E-state index >= 15 is 0 Å². The smallest absolute Gasteiger partial charge is 0.336 e. The number of carbonyl (C=O) groups is 2. The normalized spacial score (nSPS) is 10.6. The van der Waals surface area contributed by atoms with Crippen LogP contribution in [0.2, 0.25) is 0 Å². The Hall–Kier alpha value is -4.65. The highest BCUT2D eigenvalue weighted by Gasteiger charge is 2.20. The van der Waals surface area contributed by atoms with Crippen LogP contribution < -0.4 is 15.8 Å². The maximum atomic E-state index is 13.1. The van der Waals surface area contributed by atoms with Gasteiger partial charge >= 0.3 is 5.97 Å². The van der Waals surface area contributed by atoms with Crippen LogP contribution in [0.3, 0.4) is 0 Å². The van der Waals surface area contributed by atoms with E-state index in [2.05, 4.69) is 5.32 Å². The molecule has 164 valence electrons. The molecule has 33 heavy (non-hydrogen) atoms. The number of nitrogens with two attached hydrogens (primary N) is 1. The summed E-state index contributed by atoms with van der Waals surface area (Å²) in [5.74, 6) is -0.938. The topological polar surface area (TPSA) is 125 Å². The molecule has 0 aliphatic heterocycles. The molecule has 4 aromatic carbocycles. The molecule has 0 spiro atoms. The second kappa shape index (κ2) is 8.84. The molecule has 0 atom stereocenters. The molecule has 0 radical (unpaired) electrons. The van der Waals surface area contributed by atoms with Crippen molar-refractivity contribution in [3.8, 4) is 16.9 Å². The van der Waals surface area contributed by atoms with Crippen LogP contribution in [0.4, 0.5) is 5.69 Å². The largest absolute Gasteiger partial charge is 0.496 e. The Morgan fingerprint density at radius 1 is 0.909 bits per heavy atom. The third-order valence-corrected chi connectivity index (χ3v) is 5.34. The number of rotatable bonds is 6. The molecule has 5 N–H and O–H groups in total. The Bertz CT molecular complexity index is 1390. The molecular formula is C26H21N3O4. The molecule has 7 heteroatoms. The maximum absolute atomic E-state index is 13.1. The van der Waals surface area contributed by atoms with Gasteiger partial charge in [0.15, 0.2) is 0 Å². The molecule has 0 heterocycles. The number of aromatic carboxylic acids is 1. The van der Waals surface area contributed by atoms with Crippen LogP contribution in [0.15, 0.2) is 78.9 Å². The lowest BCUT2D eigenvalue weighted by Gasteiger charge is -2.15. The third kappa shape index (κ3) is 4.24. The molecule has 1 amide bonds. The van der Waals surface area contributed by atoms with Crippen LogP contribution >= 0.6 is 0 Å². The van der Waals surface area contributed by atoms with Crippen LogP contribution in [0.1, 0.15) is 26.3 Å². The van der Waals surface area contributed by atoms with E-state index in [1.165, 1.54) is 0 Å². The van der Waals surface area contributed by atoms with Crippen molar-refractivity contribution in [1.29, 1.82) is 5.41 Å². The second-order valence-electron chi connectivity index (χ2n) is 7.38. The highest BCUT2D eigenvalue weighted by molar-refractivity contribution is 6.12. The van der Waals surface area contributed by atoms with Crippen LogP contribution in [-0.2, 0) is 0 Å². The van der Waals surface area contributed by atoms with E-state index in [-0.39, 0.29) is 11.4 Å². The van der Waals surface area contributed by atoms with Gasteiger partial charge in [-0.25, -0.2) is 4.79 Å². The van der Waals surface area contributed by atoms with Crippen molar-refractivity contribution in [3.63, 3.8) is 0 Å². The van der Waals surface area contributed by atoms with Gasteiger partial charge in [-0.1, -0.05) is 30.3 Å². The van der Waals surface area contributed by atoms with Gasteiger partial charge in [-0.15, -0.1) is 0 Å². The maximum Gasteiger partial charge on any atom is 0.336 e. The lowest BCUT2D eigenvalue weighted by atomic mass is 9.92. The van der Waals surface area contributed by atoms with E-state index in [0.717, 1.165) is 10.8 Å². The fraction of sp³-hybridized carbons (Fsp3) is 0.0385. The third-order valence-electron chi connectivity index (χ3n) is 5.34. The number of ether oxygens (including phenoxy) is 1. The fourth-order valence-corrected chi connectivity index (χ4v) is 3.72. The number of anilines is 1. The zero-order valence-electron chi connectivity index (χ0n) is 17.8. The molecule has 0 bridgehead atoms. The number of hydrogen-bond donors (Lipinski definition) is 4. The molecule has 0 aromatic heterocycles. The summed E-state index contributed by atoms with van der Waals surface area (Å²) >= 11 is 0. The first-order chi connectivity index (χ1) is 15.9. The number of hydrogen-bond acceptors (Lipinski definition) is 4. The van der Waals surface area contributed by atoms with Gasteiger partial charge in [0.05, 0.1) is 12.7 Å². The summed E-state index contributed by atoms with van der Waals surface area (Å²) in [5, 5.41) is 21.7. The molecule has 4 aromatic rings. The van der Waals surface area contributed by atoms with E-state index < -0.39 is 11.9 Å². The lowest BCUT2D eigenvalue weighted by molar-refractivity contribution is 0.0697. The van der Waals surface area contributed by atoms with Crippen LogP contribution in [0.5, 0.6) is 5.75 Å². The average Bonchev–Trinajstić information content (AvgIpc) is 2.83. The number of nitrogens with one attached hydrogen (secondary N) is 2. The number of fused-ring (bicyclic) bond motifs is 1. The van der Waals surface area contributed by atoms with Crippen molar-refractivity contribution in [3.05, 3.63) is 95.6 Å². The van der Waals surface area contributed by atoms with Gasteiger partial charge in [0.25, 0.3) is 5.91 Å². The number of methoxy groups -OCH3 is 1. The number of amidine groups is 1. The number of amides is 1. The Morgan fingerprint density at radius 2 is 1.64 bits per heavy atom. The van der Waals surface area contributed by atoms with Gasteiger partial charge in [-0.05, 0) is 65.0 Å². The van der Waals surface area contributed by atoms with E-state index in [4.69, 9.17) is 15.9 Å². The van der Waals surface area contributed by atoms with E-state index in [1.807, 2.05) is 6.07 Å². The van der Waals surface area contributed by atoms with Gasteiger partial charge in [0.2, 0.25) is 0 Å². The summed E-state index contributed by atoms with van der Waals surface area (Å²) in [7, 11) is 1.55. The summed E-state index contributed by atoms with van der Waals surface area (Å²) in [6, 6.07) is 22.2. The first-order valence-electron chi connectivity index (χ1n) is 10.1. The zero-order chi connectivity index (χ0) is 23.5. The Labute approximate surface area is 189 Å². The number of benzene rings is 4. The van der Waals surface area contributed by atoms with Crippen molar-refractivity contribution in [1.82, 2.24) is 0 Å². The Balaban J connectivity index is 1.81. The molecule has 0 aliphatic carbocycles. The SMILES string of the molecule is COc1cccc2cc(C(=O)O)c(-c3ccccc3C(=O)Nc3ccc(C(=N)N)cc3)cc12. The van der Waals surface area contributed by atoms with Crippen molar-refractivity contribution >= 4 is 34.2 Å². The summed E-state index contributed by atoms with van der Waals surface area (Å²) < 4.78 is 5.45. The zero-order valence-corrected chi connectivity index (χ0v) is 17.8. The predicted octanol–water partition coefficient (Wildman–Crippen LogP) is 4.75. The van der Waals surface area contributed by atoms with Gasteiger partial charge in [0.1, 0.15) is 11.6 Å². The highest BCUT2D eigenvalue weighted by Crippen LogP contribution is 2.35. The number of nitrogen functional groups attached to an aromatic ring is 1. The van der Waals surface area contributed by atoms with Gasteiger partial charge in [0, 0.05) is 22.2 Å². The summed E-state index contributed by atoms with van der Waals surface area (Å²) in [5.41, 5.74) is 7.86. The van der Waals surface area contributed by atoms with E-state index in [0.29, 0.717) is 33.7 Å². The predicted molar refractivity (Wildman–Crippen MR) is 128 cm³/mol. The minimum atomic E-state index is -1.09. The van der Waals surface area contributed by atoms with Crippen molar-refractivity contribution in [2.45, 2.75) is 0 Å². The molecule has 0 aliphatic rings. The summed E-state index contributed by atoms with van der Waals surface area (Å²) in [4.78, 5) is 25.2. The minimum absolute atomic E-state index is 0.0637. The lowest BCUT2D eigenvalue weighted by Crippen LogP contribution is -2.14. The van der Waals surface area contributed by atoms with Crippen molar-refractivity contribution < 1.29 is 19.4 Å². The van der Waals surface area contributed by atoms with Crippen LogP contribution in [0, 0.1) is 5.41 Å². The number of carbonyl (C=O) groups excluding carboxylic acids is 1. The minimum Gasteiger partial charge on any atom is -0.496 e. The average molecular weight is 439 g/mol. The summed E-state index contributed by atoms with van der Waals surface area (Å²) in [6.45, 7) is 0. The summed E-state index contributed by atoms with van der Waals surface area (Å²) in [6.07, 6.45) is 0. The second-order valence-corrected chi connectivity index (χ2v) is 7.38. The standard InChI is InChI=1S/C26H21N3O4/c1-33-23-8-4-5-16-13-22(26(31)32)21(14-20(16)23)18-6-2-3-7-19(18)25(30)29-17-11-9-15(10-12-17)24(27)28/h2-14H,1H3,(H3,27,28)(H,29,30)(H,31,32). The Morgan fingerprint density at radius 3 is 2.30 bits per heavy atom. The molecular weight excluding hydrogens is 418 g/mol.